The number of fused-ring (bicyclic) bond motifs is 5. The zero-order valence-electron chi connectivity index (χ0n) is 9.63. The molecule has 1 N–H and O–H groups in total. The van der Waals surface area contributed by atoms with Crippen LogP contribution in [-0.2, 0) is 0 Å². The van der Waals surface area contributed by atoms with Crippen molar-refractivity contribution in [3.63, 3.8) is 0 Å². The lowest BCUT2D eigenvalue weighted by molar-refractivity contribution is 0.396. The van der Waals surface area contributed by atoms with Crippen molar-refractivity contribution in [3.05, 3.63) is 29.8 Å². The molecule has 3 heterocycles. The first-order chi connectivity index (χ1) is 8.43. The number of rotatable bonds is 0. The quantitative estimate of drug-likeness (QED) is 0.722. The second kappa shape index (κ2) is 3.42. The Morgan fingerprint density at radius 2 is 2.18 bits per heavy atom. The summed E-state index contributed by atoms with van der Waals surface area (Å²) in [6.07, 6.45) is 2.98. The van der Waals surface area contributed by atoms with E-state index in [9.17, 15) is 0 Å². The molecule has 3 nitrogen and oxygen atoms in total. The van der Waals surface area contributed by atoms with Gasteiger partial charge in [-0.05, 0) is 6.07 Å². The highest BCUT2D eigenvalue weighted by Crippen LogP contribution is 2.45. The number of anilines is 1. The molecule has 3 unspecified atom stereocenters. The van der Waals surface area contributed by atoms with Crippen LogP contribution in [-0.4, -0.2) is 25.0 Å². The van der Waals surface area contributed by atoms with Crippen LogP contribution < -0.4 is 5.32 Å². The Morgan fingerprint density at radius 1 is 1.24 bits per heavy atom. The van der Waals surface area contributed by atoms with Gasteiger partial charge in [0.25, 0.3) is 0 Å². The van der Waals surface area contributed by atoms with E-state index in [1.165, 1.54) is 17.0 Å². The third-order valence-electron chi connectivity index (χ3n) is 4.19. The lowest BCUT2D eigenvalue weighted by Gasteiger charge is -2.31. The standard InChI is InChI=1S/C14H15N3/c1-2-4-12-9(3-1)14-11(8-16-12)10-7-15-6-5-13(10)17-14/h1-4,6,10-11,14,16H,5,7-8H2. The highest BCUT2D eigenvalue weighted by Gasteiger charge is 2.42. The highest BCUT2D eigenvalue weighted by atomic mass is 15.0. The van der Waals surface area contributed by atoms with Crippen molar-refractivity contribution >= 4 is 17.6 Å². The fourth-order valence-electron chi connectivity index (χ4n) is 3.33. The number of hydrogen-bond donors (Lipinski definition) is 1. The monoisotopic (exact) mass is 225 g/mol. The number of para-hydroxylation sites is 1. The molecule has 1 aromatic carbocycles. The van der Waals surface area contributed by atoms with Crippen LogP contribution in [0.2, 0.25) is 0 Å². The van der Waals surface area contributed by atoms with Gasteiger partial charge >= 0.3 is 0 Å². The van der Waals surface area contributed by atoms with Crippen molar-refractivity contribution in [3.8, 4) is 0 Å². The molecule has 4 rings (SSSR count). The molecule has 0 saturated carbocycles. The van der Waals surface area contributed by atoms with Gasteiger partial charge in [-0.3, -0.25) is 9.98 Å². The van der Waals surface area contributed by atoms with Crippen LogP contribution in [0.25, 0.3) is 0 Å². The van der Waals surface area contributed by atoms with Crippen molar-refractivity contribution in [2.75, 3.05) is 18.4 Å². The summed E-state index contributed by atoms with van der Waals surface area (Å²) in [5.41, 5.74) is 4.00. The van der Waals surface area contributed by atoms with Gasteiger partial charge in [0.1, 0.15) is 0 Å². The van der Waals surface area contributed by atoms with Gasteiger partial charge in [0.05, 0.1) is 6.04 Å². The first-order valence-corrected chi connectivity index (χ1v) is 6.31. The summed E-state index contributed by atoms with van der Waals surface area (Å²) in [4.78, 5) is 9.39. The smallest absolute Gasteiger partial charge is 0.0820 e. The molecule has 17 heavy (non-hydrogen) atoms. The van der Waals surface area contributed by atoms with Gasteiger partial charge in [0.2, 0.25) is 0 Å². The minimum absolute atomic E-state index is 0.370. The summed E-state index contributed by atoms with van der Waals surface area (Å²) < 4.78 is 0. The topological polar surface area (TPSA) is 36.8 Å². The largest absolute Gasteiger partial charge is 0.384 e. The van der Waals surface area contributed by atoms with Crippen LogP contribution in [0.3, 0.4) is 0 Å². The molecule has 86 valence electrons. The van der Waals surface area contributed by atoms with E-state index in [2.05, 4.69) is 34.6 Å². The third-order valence-corrected chi connectivity index (χ3v) is 4.19. The number of nitrogens with one attached hydrogen (secondary N) is 1. The molecular formula is C14H15N3. The predicted molar refractivity (Wildman–Crippen MR) is 70.1 cm³/mol. The normalized spacial score (nSPS) is 33.2. The minimum Gasteiger partial charge on any atom is -0.384 e. The molecule has 3 atom stereocenters. The fourth-order valence-corrected chi connectivity index (χ4v) is 3.33. The molecule has 0 spiro atoms. The Kier molecular flexibility index (Phi) is 1.89. The summed E-state index contributed by atoms with van der Waals surface area (Å²) >= 11 is 0. The summed E-state index contributed by atoms with van der Waals surface area (Å²) in [5, 5.41) is 3.54. The summed E-state index contributed by atoms with van der Waals surface area (Å²) in [7, 11) is 0. The maximum atomic E-state index is 4.96. The van der Waals surface area contributed by atoms with Gasteiger partial charge in [-0.1, -0.05) is 18.2 Å². The van der Waals surface area contributed by atoms with Gasteiger partial charge in [-0.2, -0.15) is 0 Å². The van der Waals surface area contributed by atoms with Gasteiger partial charge in [-0.15, -0.1) is 0 Å². The predicted octanol–water partition coefficient (Wildman–Crippen LogP) is 2.31. The molecule has 3 aliphatic rings. The number of nitrogens with zero attached hydrogens (tertiary/aromatic N) is 2. The Morgan fingerprint density at radius 3 is 3.18 bits per heavy atom. The first-order valence-electron chi connectivity index (χ1n) is 6.31. The molecular weight excluding hydrogens is 210 g/mol. The van der Waals surface area contributed by atoms with Crippen LogP contribution in [0.15, 0.2) is 34.3 Å². The van der Waals surface area contributed by atoms with E-state index in [4.69, 9.17) is 4.99 Å². The fraction of sp³-hybridized carbons (Fsp3) is 0.429. The van der Waals surface area contributed by atoms with Crippen LogP contribution in [0.1, 0.15) is 18.0 Å². The lowest BCUT2D eigenvalue weighted by Crippen LogP contribution is -2.33. The number of hydrogen-bond acceptors (Lipinski definition) is 3. The van der Waals surface area contributed by atoms with Crippen LogP contribution >= 0.6 is 0 Å². The lowest BCUT2D eigenvalue weighted by atomic mass is 9.80. The van der Waals surface area contributed by atoms with Crippen molar-refractivity contribution in [2.45, 2.75) is 12.5 Å². The average molecular weight is 225 g/mol. The molecule has 1 aromatic rings. The van der Waals surface area contributed by atoms with Crippen LogP contribution in [0, 0.1) is 11.8 Å². The van der Waals surface area contributed by atoms with Crippen molar-refractivity contribution in [1.82, 2.24) is 0 Å². The maximum absolute atomic E-state index is 4.96. The van der Waals surface area contributed by atoms with Crippen LogP contribution in [0.4, 0.5) is 5.69 Å². The van der Waals surface area contributed by atoms with Gasteiger partial charge in [0.15, 0.2) is 0 Å². The van der Waals surface area contributed by atoms with E-state index in [0.717, 1.165) is 19.5 Å². The maximum Gasteiger partial charge on any atom is 0.0820 e. The molecule has 0 aromatic heterocycles. The van der Waals surface area contributed by atoms with Crippen LogP contribution in [0.5, 0.6) is 0 Å². The second-order valence-corrected chi connectivity index (χ2v) is 5.06. The molecule has 3 aliphatic heterocycles. The van der Waals surface area contributed by atoms with E-state index in [1.54, 1.807) is 0 Å². The average Bonchev–Trinajstić information content (AvgIpc) is 2.78. The van der Waals surface area contributed by atoms with Gasteiger partial charge < -0.3 is 5.32 Å². The van der Waals surface area contributed by atoms with E-state index in [-0.39, 0.29) is 0 Å². The first kappa shape index (κ1) is 9.40. The highest BCUT2D eigenvalue weighted by molar-refractivity contribution is 6.00. The molecule has 0 aliphatic carbocycles. The number of aliphatic imine (C=N–C) groups is 2. The Hall–Kier alpha value is -1.64. The summed E-state index contributed by atoms with van der Waals surface area (Å²) in [6, 6.07) is 8.94. The van der Waals surface area contributed by atoms with Gasteiger partial charge in [-0.25, -0.2) is 0 Å². The van der Waals surface area contributed by atoms with Crippen molar-refractivity contribution in [1.29, 1.82) is 0 Å². The molecule has 0 radical (unpaired) electrons. The SMILES string of the molecule is C1=NCC2C(=NC3c4ccccc4NCC23)C1. The molecule has 0 amide bonds. The Balaban J connectivity index is 1.79. The summed E-state index contributed by atoms with van der Waals surface area (Å²) in [6.45, 7) is 1.97. The summed E-state index contributed by atoms with van der Waals surface area (Å²) in [5.74, 6) is 1.18. The Labute approximate surface area is 101 Å². The Bertz CT molecular complexity index is 518. The zero-order valence-corrected chi connectivity index (χ0v) is 9.63. The molecule has 0 saturated heterocycles. The second-order valence-electron chi connectivity index (χ2n) is 5.06. The van der Waals surface area contributed by atoms with E-state index in [1.807, 2.05) is 6.21 Å². The molecule has 0 fully saturated rings. The number of benzene rings is 1. The molecule has 0 bridgehead atoms. The van der Waals surface area contributed by atoms with Crippen molar-refractivity contribution in [2.24, 2.45) is 21.8 Å². The van der Waals surface area contributed by atoms with E-state index >= 15 is 0 Å². The third kappa shape index (κ3) is 1.28. The molecule has 3 heteroatoms. The van der Waals surface area contributed by atoms with E-state index < -0.39 is 0 Å². The zero-order chi connectivity index (χ0) is 11.2. The van der Waals surface area contributed by atoms with Gasteiger partial charge in [0, 0.05) is 54.5 Å². The van der Waals surface area contributed by atoms with E-state index in [0.29, 0.717) is 17.9 Å². The van der Waals surface area contributed by atoms with Crippen molar-refractivity contribution < 1.29 is 0 Å². The minimum atomic E-state index is 0.370.